The molecule has 0 spiro atoms. The number of ether oxygens (including phenoxy) is 3. The van der Waals surface area contributed by atoms with Crippen molar-refractivity contribution in [3.05, 3.63) is 38.9 Å². The molecule has 7 nitrogen and oxygen atoms in total. The van der Waals surface area contributed by atoms with E-state index in [1.807, 2.05) is 0 Å². The Bertz CT molecular complexity index is 706. The van der Waals surface area contributed by atoms with E-state index in [1.165, 1.54) is 24.9 Å². The molecule has 0 saturated carbocycles. The number of allylic oxidation sites excluding steroid dienone is 1. The maximum Gasteiger partial charge on any atom is 0.262 e. The summed E-state index contributed by atoms with van der Waals surface area (Å²) in [7, 11) is 3.01. The molecule has 0 aliphatic carbocycles. The third-order valence-electron chi connectivity index (χ3n) is 3.31. The Hall–Kier alpha value is -1.74. The number of aromatic nitrogens is 2. The van der Waals surface area contributed by atoms with Crippen LogP contribution in [0.4, 0.5) is 0 Å². The average molecular weight is 326 g/mol. The molecule has 2 atom stereocenters. The number of hydrogen-bond acceptors (Lipinski definition) is 6. The van der Waals surface area contributed by atoms with Gasteiger partial charge in [0.1, 0.15) is 5.56 Å². The molecule has 1 saturated heterocycles. The highest BCUT2D eigenvalue weighted by Gasteiger charge is 2.30. The molecule has 2 rings (SSSR count). The number of H-pyrrole nitrogens is 1. The van der Waals surface area contributed by atoms with E-state index >= 15 is 0 Å². The van der Waals surface area contributed by atoms with Crippen molar-refractivity contribution < 1.29 is 19.3 Å². The van der Waals surface area contributed by atoms with Crippen LogP contribution >= 0.6 is 12.2 Å². The fourth-order valence-corrected chi connectivity index (χ4v) is 2.48. The summed E-state index contributed by atoms with van der Waals surface area (Å²) < 4.78 is 17.3. The maximum absolute atomic E-state index is 12.1. The highest BCUT2D eigenvalue weighted by Crippen LogP contribution is 2.29. The summed E-state index contributed by atoms with van der Waals surface area (Å²) in [5.74, 6) is -0.225. The average Bonchev–Trinajstić information content (AvgIpc) is 2.90. The standard InChI is InChI=1S/C14H18N2O5S/c1-4-5-16-12(18)9(11(17)15-14(16)22)6-8-7-10(19-2)21-13(8)20-3/h4,6,10,13,18H,1,5,7H2,2-3H3,(H,15,17,22). The molecule has 2 heterocycles. The smallest absolute Gasteiger partial charge is 0.262 e. The summed E-state index contributed by atoms with van der Waals surface area (Å²) in [5.41, 5.74) is 0.302. The molecule has 2 N–H and O–H groups in total. The number of methoxy groups -OCH3 is 2. The zero-order valence-corrected chi connectivity index (χ0v) is 13.2. The SMILES string of the molecule is C=CCn1c(O)c(C=C2CC(OC)OC2OC)c(=O)[nH]c1=S. The van der Waals surface area contributed by atoms with Crippen LogP contribution in [-0.4, -0.2) is 41.5 Å². The molecule has 22 heavy (non-hydrogen) atoms. The molecule has 2 unspecified atom stereocenters. The van der Waals surface area contributed by atoms with E-state index < -0.39 is 18.1 Å². The number of nitrogens with zero attached hydrogens (tertiary/aromatic N) is 1. The van der Waals surface area contributed by atoms with Gasteiger partial charge in [0, 0.05) is 27.2 Å². The molecular weight excluding hydrogens is 308 g/mol. The number of aromatic amines is 1. The van der Waals surface area contributed by atoms with Crippen molar-refractivity contribution in [1.82, 2.24) is 9.55 Å². The molecule has 120 valence electrons. The highest BCUT2D eigenvalue weighted by atomic mass is 32.1. The molecule has 1 aliphatic rings. The fraction of sp³-hybridized carbons (Fsp3) is 0.429. The minimum absolute atomic E-state index is 0.0906. The molecule has 1 aromatic heterocycles. The highest BCUT2D eigenvalue weighted by molar-refractivity contribution is 7.71. The Morgan fingerprint density at radius 1 is 1.55 bits per heavy atom. The predicted octanol–water partition coefficient (Wildman–Crippen LogP) is 1.55. The van der Waals surface area contributed by atoms with Crippen LogP contribution in [0, 0.1) is 4.77 Å². The van der Waals surface area contributed by atoms with E-state index in [0.29, 0.717) is 12.0 Å². The first kappa shape index (κ1) is 16.6. The van der Waals surface area contributed by atoms with Gasteiger partial charge >= 0.3 is 0 Å². The van der Waals surface area contributed by atoms with Gasteiger partial charge in [-0.15, -0.1) is 6.58 Å². The molecule has 1 fully saturated rings. The van der Waals surface area contributed by atoms with E-state index in [-0.39, 0.29) is 22.8 Å². The zero-order chi connectivity index (χ0) is 16.3. The van der Waals surface area contributed by atoms with E-state index in [4.69, 9.17) is 26.4 Å². The van der Waals surface area contributed by atoms with Gasteiger partial charge in [0.2, 0.25) is 5.88 Å². The quantitative estimate of drug-likeness (QED) is 0.631. The molecule has 1 aliphatic heterocycles. The first-order chi connectivity index (χ1) is 10.5. The largest absolute Gasteiger partial charge is 0.494 e. The summed E-state index contributed by atoms with van der Waals surface area (Å²) >= 11 is 5.03. The predicted molar refractivity (Wildman–Crippen MR) is 83.0 cm³/mol. The number of rotatable bonds is 5. The van der Waals surface area contributed by atoms with Crippen molar-refractivity contribution >= 4 is 18.3 Å². The topological polar surface area (TPSA) is 85.7 Å². The molecule has 1 aromatic rings. The maximum atomic E-state index is 12.1. The van der Waals surface area contributed by atoms with Gasteiger partial charge in [0.15, 0.2) is 17.4 Å². The van der Waals surface area contributed by atoms with Crippen LogP contribution in [0.5, 0.6) is 5.88 Å². The van der Waals surface area contributed by atoms with Crippen LogP contribution in [0.2, 0.25) is 0 Å². The van der Waals surface area contributed by atoms with Crippen LogP contribution in [0.1, 0.15) is 12.0 Å². The van der Waals surface area contributed by atoms with Gasteiger partial charge in [0.25, 0.3) is 5.56 Å². The zero-order valence-electron chi connectivity index (χ0n) is 12.4. The Morgan fingerprint density at radius 3 is 2.86 bits per heavy atom. The molecular formula is C14H18N2O5S. The number of nitrogens with one attached hydrogen (secondary N) is 1. The number of aromatic hydroxyl groups is 1. The first-order valence-electron chi connectivity index (χ1n) is 6.60. The third-order valence-corrected chi connectivity index (χ3v) is 3.63. The minimum atomic E-state index is -0.625. The minimum Gasteiger partial charge on any atom is -0.494 e. The van der Waals surface area contributed by atoms with Crippen LogP contribution in [0.15, 0.2) is 23.0 Å². The van der Waals surface area contributed by atoms with Gasteiger partial charge in [0.05, 0.1) is 0 Å². The lowest BCUT2D eigenvalue weighted by molar-refractivity contribution is -0.179. The van der Waals surface area contributed by atoms with Gasteiger partial charge in [-0.25, -0.2) is 0 Å². The van der Waals surface area contributed by atoms with Crippen molar-refractivity contribution in [2.24, 2.45) is 0 Å². The van der Waals surface area contributed by atoms with E-state index in [2.05, 4.69) is 11.6 Å². The molecule has 0 bridgehead atoms. The van der Waals surface area contributed by atoms with Gasteiger partial charge in [-0.1, -0.05) is 6.08 Å². The van der Waals surface area contributed by atoms with E-state index in [9.17, 15) is 9.90 Å². The Labute approximate surface area is 132 Å². The summed E-state index contributed by atoms with van der Waals surface area (Å²) in [4.78, 5) is 14.6. The summed E-state index contributed by atoms with van der Waals surface area (Å²) in [6.45, 7) is 3.88. The van der Waals surface area contributed by atoms with Crippen LogP contribution < -0.4 is 5.56 Å². The summed E-state index contributed by atoms with van der Waals surface area (Å²) in [6, 6.07) is 0. The summed E-state index contributed by atoms with van der Waals surface area (Å²) in [6.07, 6.45) is 2.47. The van der Waals surface area contributed by atoms with E-state index in [0.717, 1.165) is 0 Å². The fourth-order valence-electron chi connectivity index (χ4n) is 2.22. The van der Waals surface area contributed by atoms with Crippen LogP contribution in [-0.2, 0) is 20.8 Å². The van der Waals surface area contributed by atoms with Crippen molar-refractivity contribution in [2.75, 3.05) is 14.2 Å². The second-order valence-electron chi connectivity index (χ2n) is 4.69. The van der Waals surface area contributed by atoms with Gasteiger partial charge in [-0.2, -0.15) is 0 Å². The second-order valence-corrected chi connectivity index (χ2v) is 5.07. The Balaban J connectivity index is 2.51. The van der Waals surface area contributed by atoms with Crippen LogP contribution in [0.3, 0.4) is 0 Å². The second kappa shape index (κ2) is 7.01. The lowest BCUT2D eigenvalue weighted by Gasteiger charge is -2.11. The first-order valence-corrected chi connectivity index (χ1v) is 7.01. The van der Waals surface area contributed by atoms with Gasteiger partial charge in [-0.3, -0.25) is 14.3 Å². The van der Waals surface area contributed by atoms with Crippen LogP contribution in [0.25, 0.3) is 6.08 Å². The molecule has 0 amide bonds. The summed E-state index contributed by atoms with van der Waals surface area (Å²) in [5, 5.41) is 10.3. The third kappa shape index (κ3) is 3.20. The molecule has 0 aromatic carbocycles. The Morgan fingerprint density at radius 2 is 2.27 bits per heavy atom. The van der Waals surface area contributed by atoms with E-state index in [1.54, 1.807) is 6.08 Å². The lowest BCUT2D eigenvalue weighted by atomic mass is 10.1. The van der Waals surface area contributed by atoms with Crippen molar-refractivity contribution in [3.63, 3.8) is 0 Å². The van der Waals surface area contributed by atoms with Crippen molar-refractivity contribution in [1.29, 1.82) is 0 Å². The molecule has 0 radical (unpaired) electrons. The van der Waals surface area contributed by atoms with Gasteiger partial charge in [-0.05, 0) is 23.9 Å². The monoisotopic (exact) mass is 326 g/mol. The Kier molecular flexibility index (Phi) is 5.30. The lowest BCUT2D eigenvalue weighted by Crippen LogP contribution is -2.18. The van der Waals surface area contributed by atoms with Crippen molar-refractivity contribution in [3.8, 4) is 5.88 Å². The normalized spacial score (nSPS) is 23.1. The number of hydrogen-bond donors (Lipinski definition) is 2. The van der Waals surface area contributed by atoms with Gasteiger partial charge < -0.3 is 19.3 Å². The van der Waals surface area contributed by atoms with Crippen molar-refractivity contribution in [2.45, 2.75) is 25.5 Å². The molecule has 8 heteroatoms.